The highest BCUT2D eigenvalue weighted by Gasteiger charge is 2.21. The Balaban J connectivity index is 2.10. The van der Waals surface area contributed by atoms with Crippen LogP contribution >= 0.6 is 0 Å². The first kappa shape index (κ1) is 15.7. The lowest BCUT2D eigenvalue weighted by atomic mass is 10.1. The van der Waals surface area contributed by atoms with Crippen LogP contribution in [-0.4, -0.2) is 34.2 Å². The number of esters is 1. The molecular weight excluding hydrogens is 242 g/mol. The smallest absolute Gasteiger partial charge is 0.310 e. The highest BCUT2D eigenvalue weighted by Crippen LogP contribution is 2.10. The van der Waals surface area contributed by atoms with Crippen molar-refractivity contribution in [3.8, 4) is 0 Å². The molecule has 0 amide bonds. The molecule has 108 valence electrons. The van der Waals surface area contributed by atoms with Gasteiger partial charge in [-0.25, -0.2) is 4.98 Å². The fraction of sp³-hybridized carbons (Fsp3) is 0.714. The summed E-state index contributed by atoms with van der Waals surface area (Å²) in [7, 11) is 0. The minimum atomic E-state index is -0.410. The van der Waals surface area contributed by atoms with Gasteiger partial charge in [0.15, 0.2) is 0 Å². The second kappa shape index (κ2) is 7.28. The van der Waals surface area contributed by atoms with Gasteiger partial charge in [-0.05, 0) is 33.7 Å². The van der Waals surface area contributed by atoms with E-state index >= 15 is 0 Å². The zero-order chi connectivity index (χ0) is 14.3. The van der Waals surface area contributed by atoms with E-state index in [4.69, 9.17) is 4.74 Å². The van der Waals surface area contributed by atoms with Gasteiger partial charge >= 0.3 is 5.97 Å². The number of hydrogen-bond donors (Lipinski definition) is 1. The van der Waals surface area contributed by atoms with Gasteiger partial charge in [0, 0.05) is 25.5 Å². The standard InChI is InChI=1S/C14H25N3O2/c1-12(13(18)19-14(2,3)4)10-15-6-5-8-17-9-7-16-11-17/h7,9,11-12,15H,5-6,8,10H2,1-4H3/t12-/m1/s1. The molecule has 0 fully saturated rings. The van der Waals surface area contributed by atoms with Crippen LogP contribution in [0.3, 0.4) is 0 Å². The summed E-state index contributed by atoms with van der Waals surface area (Å²) in [6.07, 6.45) is 6.54. The van der Waals surface area contributed by atoms with Gasteiger partial charge in [-0.3, -0.25) is 4.79 Å². The van der Waals surface area contributed by atoms with Crippen LogP contribution < -0.4 is 5.32 Å². The maximum atomic E-state index is 11.7. The molecule has 5 heteroatoms. The molecule has 0 spiro atoms. The van der Waals surface area contributed by atoms with Crippen molar-refractivity contribution in [2.45, 2.75) is 46.3 Å². The molecular formula is C14H25N3O2. The van der Waals surface area contributed by atoms with Crippen molar-refractivity contribution in [3.05, 3.63) is 18.7 Å². The zero-order valence-electron chi connectivity index (χ0n) is 12.3. The Kier molecular flexibility index (Phi) is 6.02. The lowest BCUT2D eigenvalue weighted by Crippen LogP contribution is -2.33. The summed E-state index contributed by atoms with van der Waals surface area (Å²) in [5, 5.41) is 3.28. The van der Waals surface area contributed by atoms with Gasteiger partial charge in [0.25, 0.3) is 0 Å². The van der Waals surface area contributed by atoms with Crippen molar-refractivity contribution < 1.29 is 9.53 Å². The number of imidazole rings is 1. The molecule has 19 heavy (non-hydrogen) atoms. The topological polar surface area (TPSA) is 56.2 Å². The molecule has 0 aromatic carbocycles. The number of hydrogen-bond acceptors (Lipinski definition) is 4. The molecule has 0 saturated carbocycles. The maximum absolute atomic E-state index is 11.7. The van der Waals surface area contributed by atoms with Crippen LogP contribution in [0.1, 0.15) is 34.1 Å². The highest BCUT2D eigenvalue weighted by molar-refractivity contribution is 5.72. The van der Waals surface area contributed by atoms with Crippen molar-refractivity contribution in [1.29, 1.82) is 0 Å². The number of aryl methyl sites for hydroxylation is 1. The number of rotatable bonds is 7. The van der Waals surface area contributed by atoms with E-state index in [9.17, 15) is 4.79 Å². The Morgan fingerprint density at radius 3 is 2.79 bits per heavy atom. The number of carbonyl (C=O) groups excluding carboxylic acids is 1. The summed E-state index contributed by atoms with van der Waals surface area (Å²) in [6, 6.07) is 0. The normalized spacial score (nSPS) is 13.3. The van der Waals surface area contributed by atoms with E-state index in [2.05, 4.69) is 10.3 Å². The van der Waals surface area contributed by atoms with E-state index in [0.717, 1.165) is 19.5 Å². The summed E-state index contributed by atoms with van der Waals surface area (Å²) in [5.74, 6) is -0.262. The van der Waals surface area contributed by atoms with E-state index < -0.39 is 5.60 Å². The molecule has 0 radical (unpaired) electrons. The summed E-state index contributed by atoms with van der Waals surface area (Å²) in [4.78, 5) is 15.7. The molecule has 0 aliphatic heterocycles. The molecule has 1 aromatic heterocycles. The highest BCUT2D eigenvalue weighted by atomic mass is 16.6. The van der Waals surface area contributed by atoms with E-state index in [-0.39, 0.29) is 11.9 Å². The first-order valence-electron chi connectivity index (χ1n) is 6.78. The lowest BCUT2D eigenvalue weighted by Gasteiger charge is -2.22. The monoisotopic (exact) mass is 267 g/mol. The van der Waals surface area contributed by atoms with Crippen LogP contribution in [0.4, 0.5) is 0 Å². The average molecular weight is 267 g/mol. The third kappa shape index (κ3) is 6.96. The third-order valence-corrected chi connectivity index (χ3v) is 2.59. The molecule has 0 aliphatic rings. The second-order valence-electron chi connectivity index (χ2n) is 5.79. The van der Waals surface area contributed by atoms with E-state index in [1.54, 1.807) is 6.20 Å². The molecule has 0 saturated heterocycles. The minimum Gasteiger partial charge on any atom is -0.460 e. The molecule has 0 aliphatic carbocycles. The SMILES string of the molecule is C[C@H](CNCCCn1ccnc1)C(=O)OC(C)(C)C. The maximum Gasteiger partial charge on any atom is 0.310 e. The third-order valence-electron chi connectivity index (χ3n) is 2.59. The molecule has 1 rings (SSSR count). The Hall–Kier alpha value is -1.36. The van der Waals surface area contributed by atoms with Crippen LogP contribution in [0.15, 0.2) is 18.7 Å². The molecule has 1 N–H and O–H groups in total. The van der Waals surface area contributed by atoms with Gasteiger partial charge in [-0.15, -0.1) is 0 Å². The van der Waals surface area contributed by atoms with Crippen LogP contribution in [0.2, 0.25) is 0 Å². The van der Waals surface area contributed by atoms with Crippen LogP contribution in [0, 0.1) is 5.92 Å². The average Bonchev–Trinajstić information content (AvgIpc) is 2.79. The lowest BCUT2D eigenvalue weighted by molar-refractivity contribution is -0.159. The Labute approximate surface area is 115 Å². The number of nitrogens with one attached hydrogen (secondary N) is 1. The number of nitrogens with zero attached hydrogens (tertiary/aromatic N) is 2. The first-order chi connectivity index (χ1) is 8.88. The fourth-order valence-corrected chi connectivity index (χ4v) is 1.61. The number of aromatic nitrogens is 2. The Morgan fingerprint density at radius 2 is 2.21 bits per heavy atom. The zero-order valence-corrected chi connectivity index (χ0v) is 12.3. The molecule has 1 heterocycles. The summed E-state index contributed by atoms with van der Waals surface area (Å²) >= 11 is 0. The first-order valence-corrected chi connectivity index (χ1v) is 6.78. The van der Waals surface area contributed by atoms with Crippen LogP contribution in [-0.2, 0) is 16.1 Å². The van der Waals surface area contributed by atoms with Crippen molar-refractivity contribution >= 4 is 5.97 Å². The molecule has 0 bridgehead atoms. The predicted molar refractivity (Wildman–Crippen MR) is 74.7 cm³/mol. The second-order valence-corrected chi connectivity index (χ2v) is 5.79. The Morgan fingerprint density at radius 1 is 1.47 bits per heavy atom. The van der Waals surface area contributed by atoms with Gasteiger partial charge < -0.3 is 14.6 Å². The number of ether oxygens (including phenoxy) is 1. The number of carbonyl (C=O) groups is 1. The fourth-order valence-electron chi connectivity index (χ4n) is 1.61. The Bertz CT molecular complexity index is 369. The van der Waals surface area contributed by atoms with Crippen molar-refractivity contribution in [3.63, 3.8) is 0 Å². The van der Waals surface area contributed by atoms with Gasteiger partial charge in [0.05, 0.1) is 12.2 Å². The van der Waals surface area contributed by atoms with Crippen LogP contribution in [0.25, 0.3) is 0 Å². The summed E-state index contributed by atoms with van der Waals surface area (Å²) < 4.78 is 7.36. The predicted octanol–water partition coefficient (Wildman–Crippen LogP) is 1.84. The minimum absolute atomic E-state index is 0.118. The summed E-state index contributed by atoms with van der Waals surface area (Å²) in [6.45, 7) is 10.0. The molecule has 5 nitrogen and oxygen atoms in total. The summed E-state index contributed by atoms with van der Waals surface area (Å²) in [5.41, 5.74) is -0.410. The quantitative estimate of drug-likeness (QED) is 0.605. The van der Waals surface area contributed by atoms with Gasteiger partial charge in [-0.2, -0.15) is 0 Å². The molecule has 0 unspecified atom stereocenters. The van der Waals surface area contributed by atoms with E-state index in [0.29, 0.717) is 6.54 Å². The van der Waals surface area contributed by atoms with Crippen molar-refractivity contribution in [1.82, 2.24) is 14.9 Å². The van der Waals surface area contributed by atoms with E-state index in [1.165, 1.54) is 0 Å². The van der Waals surface area contributed by atoms with Gasteiger partial charge in [0.2, 0.25) is 0 Å². The largest absolute Gasteiger partial charge is 0.460 e. The van der Waals surface area contributed by atoms with Crippen molar-refractivity contribution in [2.24, 2.45) is 5.92 Å². The molecule has 1 atom stereocenters. The van der Waals surface area contributed by atoms with E-state index in [1.807, 2.05) is 44.8 Å². The molecule has 1 aromatic rings. The van der Waals surface area contributed by atoms with Gasteiger partial charge in [0.1, 0.15) is 5.60 Å². The van der Waals surface area contributed by atoms with Gasteiger partial charge in [-0.1, -0.05) is 6.92 Å². The van der Waals surface area contributed by atoms with Crippen molar-refractivity contribution in [2.75, 3.05) is 13.1 Å². The van der Waals surface area contributed by atoms with Crippen LogP contribution in [0.5, 0.6) is 0 Å².